The maximum absolute atomic E-state index is 13.7. The molecule has 1 aromatic rings. The molecule has 1 fully saturated rings. The van der Waals surface area contributed by atoms with E-state index >= 15 is 0 Å². The van der Waals surface area contributed by atoms with Gasteiger partial charge in [0.15, 0.2) is 0 Å². The lowest BCUT2D eigenvalue weighted by Gasteiger charge is -2.17. The number of halogens is 3. The molecule has 2 amide bonds. The number of nitrogens with zero attached hydrogens (tertiary/aromatic N) is 1. The number of anilines is 1. The normalized spacial score (nSPS) is 18.5. The number of hydrogen-bond donors (Lipinski definition) is 2. The molecule has 128 valence electrons. The molecule has 0 radical (unpaired) electrons. The topological polar surface area (TPSA) is 75.4 Å². The van der Waals surface area contributed by atoms with Gasteiger partial charge in [-0.3, -0.25) is 9.59 Å². The van der Waals surface area contributed by atoms with Crippen molar-refractivity contribution in [3.63, 3.8) is 0 Å². The van der Waals surface area contributed by atoms with Gasteiger partial charge in [-0.2, -0.15) is 0 Å². The van der Waals surface area contributed by atoms with Gasteiger partial charge in [0.2, 0.25) is 11.8 Å². The first-order valence-electron chi connectivity index (χ1n) is 7.17. The molecule has 0 bridgehead atoms. The Morgan fingerprint density at radius 2 is 2.17 bits per heavy atom. The average molecular weight is 348 g/mol. The van der Waals surface area contributed by atoms with Crippen LogP contribution < -0.4 is 16.0 Å². The number of carbonyl (C=O) groups is 2. The second-order valence-electron chi connectivity index (χ2n) is 5.56. The van der Waals surface area contributed by atoms with Crippen LogP contribution in [0.15, 0.2) is 18.2 Å². The zero-order chi connectivity index (χ0) is 16.3. The van der Waals surface area contributed by atoms with Gasteiger partial charge >= 0.3 is 0 Å². The molecule has 3 N–H and O–H groups in total. The molecule has 0 saturated carbocycles. The molecule has 1 saturated heterocycles. The summed E-state index contributed by atoms with van der Waals surface area (Å²) < 4.78 is 26.7. The number of rotatable bonds is 5. The molecule has 1 aromatic carbocycles. The van der Waals surface area contributed by atoms with E-state index in [1.165, 1.54) is 11.0 Å². The smallest absolute Gasteiger partial charge is 0.227 e. The molecule has 0 aliphatic carbocycles. The van der Waals surface area contributed by atoms with E-state index in [1.807, 2.05) is 6.92 Å². The molecule has 2 unspecified atom stereocenters. The maximum Gasteiger partial charge on any atom is 0.227 e. The van der Waals surface area contributed by atoms with Gasteiger partial charge in [0.05, 0.1) is 11.6 Å². The molecule has 1 aliphatic rings. The second kappa shape index (κ2) is 8.21. The number of benzene rings is 1. The van der Waals surface area contributed by atoms with Gasteiger partial charge in [-0.25, -0.2) is 8.78 Å². The summed E-state index contributed by atoms with van der Waals surface area (Å²) in [6, 6.07) is 3.00. The van der Waals surface area contributed by atoms with E-state index in [0.717, 1.165) is 12.1 Å². The van der Waals surface area contributed by atoms with Gasteiger partial charge in [-0.15, -0.1) is 12.4 Å². The highest BCUT2D eigenvalue weighted by Crippen LogP contribution is 2.27. The van der Waals surface area contributed by atoms with Gasteiger partial charge in [-0.1, -0.05) is 0 Å². The fraction of sp³-hybridized carbons (Fsp3) is 0.467. The first-order chi connectivity index (χ1) is 10.4. The molecule has 1 aliphatic heterocycles. The summed E-state index contributed by atoms with van der Waals surface area (Å²) >= 11 is 0. The fourth-order valence-corrected chi connectivity index (χ4v) is 2.38. The first-order valence-corrected chi connectivity index (χ1v) is 7.17. The largest absolute Gasteiger partial charge is 0.356 e. The van der Waals surface area contributed by atoms with Gasteiger partial charge < -0.3 is 16.0 Å². The summed E-state index contributed by atoms with van der Waals surface area (Å²) in [6.45, 7) is 2.36. The molecule has 0 spiro atoms. The summed E-state index contributed by atoms with van der Waals surface area (Å²) in [5, 5.41) is 2.72. The third-order valence-electron chi connectivity index (χ3n) is 3.60. The van der Waals surface area contributed by atoms with Crippen LogP contribution in [0, 0.1) is 17.6 Å². The van der Waals surface area contributed by atoms with Gasteiger partial charge in [0.1, 0.15) is 11.6 Å². The third kappa shape index (κ3) is 4.87. The number of amides is 2. The van der Waals surface area contributed by atoms with Crippen LogP contribution in [-0.2, 0) is 9.59 Å². The van der Waals surface area contributed by atoms with Crippen LogP contribution >= 0.6 is 12.4 Å². The van der Waals surface area contributed by atoms with Crippen molar-refractivity contribution < 1.29 is 18.4 Å². The standard InChI is InChI=1S/C15H19F2N3O2.ClH/c1-9(18)4-5-19-15(22)10-6-14(21)20(8-10)13-3-2-11(16)7-12(13)17;/h2-3,7,9-10H,4-6,8,18H2,1H3,(H,19,22);1H. The number of carbonyl (C=O) groups excluding carboxylic acids is 2. The predicted molar refractivity (Wildman–Crippen MR) is 85.3 cm³/mol. The lowest BCUT2D eigenvalue weighted by atomic mass is 10.1. The number of nitrogens with two attached hydrogens (primary N) is 1. The van der Waals surface area contributed by atoms with Crippen LogP contribution in [0.4, 0.5) is 14.5 Å². The molecule has 2 atom stereocenters. The molecule has 1 heterocycles. The molecular weight excluding hydrogens is 328 g/mol. The van der Waals surface area contributed by atoms with Crippen molar-refractivity contribution in [1.29, 1.82) is 0 Å². The van der Waals surface area contributed by atoms with Crippen LogP contribution in [0.2, 0.25) is 0 Å². The zero-order valence-corrected chi connectivity index (χ0v) is 13.5. The maximum atomic E-state index is 13.7. The minimum atomic E-state index is -0.814. The fourth-order valence-electron chi connectivity index (χ4n) is 2.38. The lowest BCUT2D eigenvalue weighted by molar-refractivity contribution is -0.126. The minimum absolute atomic E-state index is 0. The summed E-state index contributed by atoms with van der Waals surface area (Å²) in [5.74, 6) is -2.66. The molecule has 23 heavy (non-hydrogen) atoms. The van der Waals surface area contributed by atoms with Crippen molar-refractivity contribution in [2.75, 3.05) is 18.0 Å². The number of nitrogens with one attached hydrogen (secondary N) is 1. The van der Waals surface area contributed by atoms with Crippen LogP contribution in [-0.4, -0.2) is 30.9 Å². The van der Waals surface area contributed by atoms with Gasteiger partial charge in [-0.05, 0) is 25.5 Å². The highest BCUT2D eigenvalue weighted by atomic mass is 35.5. The van der Waals surface area contributed by atoms with Crippen LogP contribution in [0.3, 0.4) is 0 Å². The summed E-state index contributed by atoms with van der Waals surface area (Å²) in [5.41, 5.74) is 5.59. The third-order valence-corrected chi connectivity index (χ3v) is 3.60. The summed E-state index contributed by atoms with van der Waals surface area (Å²) in [7, 11) is 0. The van der Waals surface area contributed by atoms with Crippen LogP contribution in [0.5, 0.6) is 0 Å². The van der Waals surface area contributed by atoms with Crippen molar-refractivity contribution in [2.24, 2.45) is 11.7 Å². The van der Waals surface area contributed by atoms with Gasteiger partial charge in [0.25, 0.3) is 0 Å². The van der Waals surface area contributed by atoms with E-state index in [-0.39, 0.29) is 48.9 Å². The van der Waals surface area contributed by atoms with E-state index in [0.29, 0.717) is 13.0 Å². The molecule has 0 aromatic heterocycles. The Morgan fingerprint density at radius 3 is 2.78 bits per heavy atom. The van der Waals surface area contributed by atoms with Crippen LogP contribution in [0.1, 0.15) is 19.8 Å². The molecule has 8 heteroatoms. The highest BCUT2D eigenvalue weighted by molar-refractivity contribution is 6.00. The highest BCUT2D eigenvalue weighted by Gasteiger charge is 2.36. The SMILES string of the molecule is CC(N)CCNC(=O)C1CC(=O)N(c2ccc(F)cc2F)C1.Cl. The Hall–Kier alpha value is -1.73. The van der Waals surface area contributed by atoms with Crippen LogP contribution in [0.25, 0.3) is 0 Å². The zero-order valence-electron chi connectivity index (χ0n) is 12.7. The predicted octanol–water partition coefficient (Wildman–Crippen LogP) is 1.59. The van der Waals surface area contributed by atoms with E-state index < -0.39 is 17.6 Å². The van der Waals surface area contributed by atoms with Crippen molar-refractivity contribution >= 4 is 29.9 Å². The van der Waals surface area contributed by atoms with Crippen molar-refractivity contribution in [3.8, 4) is 0 Å². The van der Waals surface area contributed by atoms with Crippen molar-refractivity contribution in [3.05, 3.63) is 29.8 Å². The monoisotopic (exact) mass is 347 g/mol. The Bertz CT molecular complexity index is 584. The first kappa shape index (κ1) is 19.3. The molecule has 2 rings (SSSR count). The minimum Gasteiger partial charge on any atom is -0.356 e. The number of hydrogen-bond acceptors (Lipinski definition) is 3. The van der Waals surface area contributed by atoms with E-state index in [2.05, 4.69) is 5.32 Å². The lowest BCUT2D eigenvalue weighted by Crippen LogP contribution is -2.35. The van der Waals surface area contributed by atoms with Crippen molar-refractivity contribution in [2.45, 2.75) is 25.8 Å². The summed E-state index contributed by atoms with van der Waals surface area (Å²) in [4.78, 5) is 25.2. The van der Waals surface area contributed by atoms with Crippen molar-refractivity contribution in [1.82, 2.24) is 5.32 Å². The second-order valence-corrected chi connectivity index (χ2v) is 5.56. The summed E-state index contributed by atoms with van der Waals surface area (Å²) in [6.07, 6.45) is 0.656. The average Bonchev–Trinajstić information content (AvgIpc) is 2.80. The van der Waals surface area contributed by atoms with Gasteiger partial charge in [0, 0.05) is 31.6 Å². The Labute approximate surface area is 139 Å². The Morgan fingerprint density at radius 1 is 1.48 bits per heavy atom. The molecule has 5 nitrogen and oxygen atoms in total. The van der Waals surface area contributed by atoms with E-state index in [9.17, 15) is 18.4 Å². The van der Waals surface area contributed by atoms with E-state index in [4.69, 9.17) is 5.73 Å². The molecular formula is C15H20ClF2N3O2. The Balaban J connectivity index is 0.00000264. The Kier molecular flexibility index (Phi) is 6.90. The quantitative estimate of drug-likeness (QED) is 0.849. The van der Waals surface area contributed by atoms with E-state index in [1.54, 1.807) is 0 Å².